The highest BCUT2D eigenvalue weighted by atomic mass is 32.2. The molecule has 1 aromatic rings. The van der Waals surface area contributed by atoms with Gasteiger partial charge in [0.2, 0.25) is 10.0 Å². The zero-order valence-corrected chi connectivity index (χ0v) is 10.8. The third kappa shape index (κ3) is 3.01. The molecule has 1 rings (SSSR count). The molecule has 1 aromatic heterocycles. The Morgan fingerprint density at radius 3 is 2.71 bits per heavy atom. The number of hydrogen-bond acceptors (Lipinski definition) is 5. The SMILES string of the molecule is CCC(C#N)S(=O)(=O)NC(C)c1nncn1C. The van der Waals surface area contributed by atoms with Crippen LogP contribution in [0.2, 0.25) is 0 Å². The highest BCUT2D eigenvalue weighted by molar-refractivity contribution is 7.90. The summed E-state index contributed by atoms with van der Waals surface area (Å²) < 4.78 is 27.7. The third-order valence-corrected chi connectivity index (χ3v) is 4.23. The topological polar surface area (TPSA) is 101 Å². The van der Waals surface area contributed by atoms with Crippen molar-refractivity contribution >= 4 is 10.0 Å². The highest BCUT2D eigenvalue weighted by Crippen LogP contribution is 2.12. The van der Waals surface area contributed by atoms with E-state index in [-0.39, 0.29) is 6.42 Å². The predicted molar refractivity (Wildman–Crippen MR) is 61.2 cm³/mol. The lowest BCUT2D eigenvalue weighted by atomic mass is 10.3. The van der Waals surface area contributed by atoms with Gasteiger partial charge in [0.1, 0.15) is 12.2 Å². The van der Waals surface area contributed by atoms with Gasteiger partial charge in [-0.2, -0.15) is 5.26 Å². The molecule has 8 heteroatoms. The molecule has 0 spiro atoms. The van der Waals surface area contributed by atoms with Gasteiger partial charge in [0.25, 0.3) is 0 Å². The maximum absolute atomic E-state index is 11.8. The average Bonchev–Trinajstić information content (AvgIpc) is 2.65. The van der Waals surface area contributed by atoms with Gasteiger partial charge in [-0.15, -0.1) is 10.2 Å². The number of nitriles is 1. The fourth-order valence-corrected chi connectivity index (χ4v) is 2.79. The molecule has 0 aliphatic carbocycles. The van der Waals surface area contributed by atoms with Gasteiger partial charge in [0, 0.05) is 7.05 Å². The first-order valence-electron chi connectivity index (χ1n) is 5.17. The summed E-state index contributed by atoms with van der Waals surface area (Å²) in [4.78, 5) is 0. The fourth-order valence-electron chi connectivity index (χ4n) is 1.45. The first-order chi connectivity index (χ1) is 7.92. The van der Waals surface area contributed by atoms with Crippen LogP contribution in [0.3, 0.4) is 0 Å². The summed E-state index contributed by atoms with van der Waals surface area (Å²) in [6.07, 6.45) is 1.74. The minimum absolute atomic E-state index is 0.247. The number of aromatic nitrogens is 3. The Morgan fingerprint density at radius 2 is 2.29 bits per heavy atom. The van der Waals surface area contributed by atoms with Crippen LogP contribution in [0.25, 0.3) is 0 Å². The zero-order valence-electron chi connectivity index (χ0n) is 9.95. The predicted octanol–water partition coefficient (Wildman–Crippen LogP) is 0.0977. The van der Waals surface area contributed by atoms with E-state index in [9.17, 15) is 8.42 Å². The van der Waals surface area contributed by atoms with Gasteiger partial charge in [-0.3, -0.25) is 0 Å². The molecule has 0 amide bonds. The second-order valence-corrected chi connectivity index (χ2v) is 5.61. The molecule has 94 valence electrons. The van der Waals surface area contributed by atoms with E-state index in [1.807, 2.05) is 0 Å². The summed E-state index contributed by atoms with van der Waals surface area (Å²) in [6, 6.07) is 1.25. The smallest absolute Gasteiger partial charge is 0.228 e. The van der Waals surface area contributed by atoms with Crippen LogP contribution in [0.4, 0.5) is 0 Å². The van der Waals surface area contributed by atoms with Gasteiger partial charge >= 0.3 is 0 Å². The molecule has 2 unspecified atom stereocenters. The standard InChI is InChI=1S/C9H15N5O2S/c1-4-8(5-10)17(15,16)13-7(2)9-12-11-6-14(9)3/h6-8,13H,4H2,1-3H3. The van der Waals surface area contributed by atoms with Gasteiger partial charge in [0.05, 0.1) is 12.1 Å². The van der Waals surface area contributed by atoms with Crippen molar-refractivity contribution in [3.05, 3.63) is 12.2 Å². The van der Waals surface area contributed by atoms with Crippen LogP contribution in [0.15, 0.2) is 6.33 Å². The van der Waals surface area contributed by atoms with E-state index in [4.69, 9.17) is 5.26 Å². The monoisotopic (exact) mass is 257 g/mol. The van der Waals surface area contributed by atoms with Crippen molar-refractivity contribution in [2.75, 3.05) is 0 Å². The quantitative estimate of drug-likeness (QED) is 0.806. The van der Waals surface area contributed by atoms with E-state index >= 15 is 0 Å². The summed E-state index contributed by atoms with van der Waals surface area (Å²) in [5.41, 5.74) is 0. The number of nitrogens with zero attached hydrogens (tertiary/aromatic N) is 4. The van der Waals surface area contributed by atoms with Gasteiger partial charge in [-0.05, 0) is 13.3 Å². The molecule has 0 saturated carbocycles. The molecule has 2 atom stereocenters. The van der Waals surface area contributed by atoms with Crippen molar-refractivity contribution in [1.82, 2.24) is 19.5 Å². The molecular weight excluding hydrogens is 242 g/mol. The Morgan fingerprint density at radius 1 is 1.65 bits per heavy atom. The lowest BCUT2D eigenvalue weighted by Crippen LogP contribution is -2.35. The molecule has 1 heterocycles. The van der Waals surface area contributed by atoms with E-state index in [0.29, 0.717) is 5.82 Å². The van der Waals surface area contributed by atoms with Crippen LogP contribution in [0, 0.1) is 11.3 Å². The van der Waals surface area contributed by atoms with Crippen LogP contribution in [0.5, 0.6) is 0 Å². The molecule has 7 nitrogen and oxygen atoms in total. The van der Waals surface area contributed by atoms with Crippen LogP contribution >= 0.6 is 0 Å². The minimum atomic E-state index is -3.66. The molecule has 0 radical (unpaired) electrons. The van der Waals surface area contributed by atoms with E-state index in [0.717, 1.165) is 0 Å². The minimum Gasteiger partial charge on any atom is -0.319 e. The lowest BCUT2D eigenvalue weighted by Gasteiger charge is -2.15. The largest absolute Gasteiger partial charge is 0.319 e. The number of nitrogens with one attached hydrogen (secondary N) is 1. The highest BCUT2D eigenvalue weighted by Gasteiger charge is 2.26. The average molecular weight is 257 g/mol. The third-order valence-electron chi connectivity index (χ3n) is 2.36. The van der Waals surface area contributed by atoms with Crippen molar-refractivity contribution in [2.45, 2.75) is 31.6 Å². The number of hydrogen-bond donors (Lipinski definition) is 1. The molecular formula is C9H15N5O2S. The van der Waals surface area contributed by atoms with E-state index in [2.05, 4.69) is 14.9 Å². The first-order valence-corrected chi connectivity index (χ1v) is 6.71. The molecule has 1 N–H and O–H groups in total. The molecule has 0 aromatic carbocycles. The summed E-state index contributed by atoms with van der Waals surface area (Å²) in [6.45, 7) is 3.31. The van der Waals surface area contributed by atoms with Crippen LogP contribution in [-0.4, -0.2) is 28.4 Å². The molecule has 0 bridgehead atoms. The number of sulfonamides is 1. The molecule has 17 heavy (non-hydrogen) atoms. The van der Waals surface area contributed by atoms with Crippen molar-refractivity contribution in [3.8, 4) is 6.07 Å². The summed E-state index contributed by atoms with van der Waals surface area (Å²) in [5.74, 6) is 0.501. The maximum atomic E-state index is 11.8. The second-order valence-electron chi connectivity index (χ2n) is 3.71. The van der Waals surface area contributed by atoms with Crippen LogP contribution < -0.4 is 4.72 Å². The molecule has 0 saturated heterocycles. The summed E-state index contributed by atoms with van der Waals surface area (Å²) >= 11 is 0. The van der Waals surface area contributed by atoms with Crippen molar-refractivity contribution < 1.29 is 8.42 Å². The summed E-state index contributed by atoms with van der Waals surface area (Å²) in [7, 11) is -1.93. The van der Waals surface area contributed by atoms with Gasteiger partial charge in [-0.25, -0.2) is 13.1 Å². The number of rotatable bonds is 5. The maximum Gasteiger partial charge on any atom is 0.228 e. The normalized spacial score (nSPS) is 15.2. The van der Waals surface area contributed by atoms with E-state index < -0.39 is 21.3 Å². The van der Waals surface area contributed by atoms with Crippen LogP contribution in [0.1, 0.15) is 32.1 Å². The molecule has 0 fully saturated rings. The molecule has 0 aliphatic heterocycles. The summed E-state index contributed by atoms with van der Waals surface area (Å²) in [5, 5.41) is 15.2. The Hall–Kier alpha value is -1.46. The van der Waals surface area contributed by atoms with Gasteiger partial charge in [-0.1, -0.05) is 6.92 Å². The van der Waals surface area contributed by atoms with Crippen molar-refractivity contribution in [1.29, 1.82) is 5.26 Å². The number of aryl methyl sites for hydroxylation is 1. The Bertz CT molecular complexity index is 516. The van der Waals surface area contributed by atoms with Gasteiger partial charge < -0.3 is 4.57 Å². The Labute approximate surface area is 101 Å². The fraction of sp³-hybridized carbons (Fsp3) is 0.667. The molecule has 0 aliphatic rings. The van der Waals surface area contributed by atoms with Crippen LogP contribution in [-0.2, 0) is 17.1 Å². The van der Waals surface area contributed by atoms with Crippen molar-refractivity contribution in [3.63, 3.8) is 0 Å². The Balaban J connectivity index is 2.86. The second kappa shape index (κ2) is 5.25. The van der Waals surface area contributed by atoms with E-state index in [1.165, 1.54) is 6.33 Å². The van der Waals surface area contributed by atoms with Crippen molar-refractivity contribution in [2.24, 2.45) is 7.05 Å². The van der Waals surface area contributed by atoms with E-state index in [1.54, 1.807) is 31.5 Å². The first kappa shape index (κ1) is 13.6. The van der Waals surface area contributed by atoms with Gasteiger partial charge in [0.15, 0.2) is 5.25 Å². The zero-order chi connectivity index (χ0) is 13.1. The Kier molecular flexibility index (Phi) is 4.20. The lowest BCUT2D eigenvalue weighted by molar-refractivity contribution is 0.545.